The summed E-state index contributed by atoms with van der Waals surface area (Å²) in [5, 5.41) is 0. The smallest absolute Gasteiger partial charge is 0.410 e. The van der Waals surface area contributed by atoms with Crippen LogP contribution in [0.2, 0.25) is 0 Å². The van der Waals surface area contributed by atoms with Crippen LogP contribution in [-0.4, -0.2) is 30.2 Å². The number of carbonyl (C=O) groups is 1. The van der Waals surface area contributed by atoms with Crippen LogP contribution in [0.3, 0.4) is 0 Å². The van der Waals surface area contributed by atoms with Crippen molar-refractivity contribution in [1.82, 2.24) is 4.90 Å². The van der Waals surface area contributed by atoms with Crippen molar-refractivity contribution in [2.75, 3.05) is 13.1 Å². The van der Waals surface area contributed by atoms with Crippen LogP contribution in [0.15, 0.2) is 0 Å². The van der Waals surface area contributed by atoms with Gasteiger partial charge in [-0.15, -0.1) is 0 Å². The molecule has 1 fully saturated rings. The number of cyclic esters (lactones) is 1. The number of ether oxygens (including phenoxy) is 1. The molecule has 0 N–H and O–H groups in total. The highest BCUT2D eigenvalue weighted by atomic mass is 16.6. The lowest BCUT2D eigenvalue weighted by Crippen LogP contribution is -2.28. The molecule has 0 bridgehead atoms. The fraction of sp³-hybridized carbons (Fsp3) is 0.875. The van der Waals surface area contributed by atoms with E-state index in [9.17, 15) is 4.79 Å². The molecule has 1 saturated heterocycles. The number of carbonyl (C=O) groups excluding carboxylic acids is 1. The van der Waals surface area contributed by atoms with E-state index >= 15 is 0 Å². The van der Waals surface area contributed by atoms with E-state index in [4.69, 9.17) is 4.74 Å². The van der Waals surface area contributed by atoms with Crippen LogP contribution in [0.5, 0.6) is 0 Å². The monoisotopic (exact) mass is 157 g/mol. The Bertz CT molecular complexity index is 156. The summed E-state index contributed by atoms with van der Waals surface area (Å²) < 4.78 is 4.96. The van der Waals surface area contributed by atoms with E-state index in [-0.39, 0.29) is 12.2 Å². The quantitative estimate of drug-likeness (QED) is 0.607. The van der Waals surface area contributed by atoms with Crippen LogP contribution >= 0.6 is 0 Å². The summed E-state index contributed by atoms with van der Waals surface area (Å²) in [6.07, 6.45) is -0.0903. The lowest BCUT2D eigenvalue weighted by molar-refractivity contribution is 0.137. The number of hydrogen-bond acceptors (Lipinski definition) is 2. The fourth-order valence-corrected chi connectivity index (χ4v) is 1.26. The van der Waals surface area contributed by atoms with E-state index in [1.165, 1.54) is 0 Å². The maximum absolute atomic E-state index is 11.0. The summed E-state index contributed by atoms with van der Waals surface area (Å²) in [5.74, 6) is 0.521. The maximum atomic E-state index is 11.0. The van der Waals surface area contributed by atoms with Crippen molar-refractivity contribution in [1.29, 1.82) is 0 Å². The van der Waals surface area contributed by atoms with Gasteiger partial charge in [-0.05, 0) is 12.8 Å². The van der Waals surface area contributed by atoms with E-state index in [1.54, 1.807) is 4.90 Å². The first-order valence-corrected chi connectivity index (χ1v) is 4.05. The van der Waals surface area contributed by atoms with Crippen molar-refractivity contribution < 1.29 is 9.53 Å². The molecule has 0 unspecified atom stereocenters. The van der Waals surface area contributed by atoms with Crippen molar-refractivity contribution in [2.24, 2.45) is 5.92 Å². The van der Waals surface area contributed by atoms with Crippen LogP contribution < -0.4 is 0 Å². The van der Waals surface area contributed by atoms with Crippen molar-refractivity contribution >= 4 is 6.09 Å². The third kappa shape index (κ3) is 2.10. The van der Waals surface area contributed by atoms with Gasteiger partial charge in [-0.3, -0.25) is 0 Å². The molecule has 1 atom stereocenters. The third-order valence-electron chi connectivity index (χ3n) is 1.62. The molecule has 0 aromatic carbocycles. The third-order valence-corrected chi connectivity index (χ3v) is 1.62. The van der Waals surface area contributed by atoms with Crippen molar-refractivity contribution in [3.63, 3.8) is 0 Å². The molecule has 11 heavy (non-hydrogen) atoms. The standard InChI is InChI=1S/C8H15NO2/c1-6(2)4-9-5-7(3)11-8(9)10/h6-7H,4-5H2,1-3H3/t7-/m1/s1. The Morgan fingerprint density at radius 1 is 1.73 bits per heavy atom. The molecule has 3 nitrogen and oxygen atoms in total. The highest BCUT2D eigenvalue weighted by Gasteiger charge is 2.27. The Kier molecular flexibility index (Phi) is 2.37. The normalized spacial score (nSPS) is 24.5. The second kappa shape index (κ2) is 3.11. The molecule has 1 aliphatic heterocycles. The molecule has 0 aromatic heterocycles. The van der Waals surface area contributed by atoms with Gasteiger partial charge < -0.3 is 9.64 Å². The zero-order chi connectivity index (χ0) is 8.43. The summed E-state index contributed by atoms with van der Waals surface area (Å²) in [4.78, 5) is 12.8. The van der Waals surface area contributed by atoms with Gasteiger partial charge in [-0.2, -0.15) is 0 Å². The summed E-state index contributed by atoms with van der Waals surface area (Å²) in [6, 6.07) is 0. The Morgan fingerprint density at radius 3 is 2.73 bits per heavy atom. The van der Waals surface area contributed by atoms with E-state index in [2.05, 4.69) is 13.8 Å². The molecular weight excluding hydrogens is 142 g/mol. The number of rotatable bonds is 2. The van der Waals surface area contributed by atoms with Crippen LogP contribution in [0.4, 0.5) is 4.79 Å². The van der Waals surface area contributed by atoms with E-state index in [0.717, 1.165) is 13.1 Å². The molecule has 0 aromatic rings. The minimum absolute atomic E-state index is 0.0706. The average Bonchev–Trinajstić information content (AvgIpc) is 2.09. The summed E-state index contributed by atoms with van der Waals surface area (Å²) in [7, 11) is 0. The van der Waals surface area contributed by atoms with Crippen molar-refractivity contribution in [2.45, 2.75) is 26.9 Å². The number of hydrogen-bond donors (Lipinski definition) is 0. The topological polar surface area (TPSA) is 29.5 Å². The van der Waals surface area contributed by atoms with Gasteiger partial charge in [-0.25, -0.2) is 4.79 Å². The highest BCUT2D eigenvalue weighted by molar-refractivity contribution is 5.69. The van der Waals surface area contributed by atoms with Gasteiger partial charge in [0.05, 0.1) is 6.54 Å². The minimum Gasteiger partial charge on any atom is -0.445 e. The SMILES string of the molecule is CC(C)CN1C[C@@H](C)OC1=O. The van der Waals surface area contributed by atoms with Gasteiger partial charge in [-0.1, -0.05) is 13.8 Å². The Morgan fingerprint density at radius 2 is 2.36 bits per heavy atom. The largest absolute Gasteiger partial charge is 0.445 e. The van der Waals surface area contributed by atoms with Gasteiger partial charge in [0.15, 0.2) is 0 Å². The second-order valence-electron chi connectivity index (χ2n) is 3.49. The number of nitrogens with zero attached hydrogens (tertiary/aromatic N) is 1. The van der Waals surface area contributed by atoms with Gasteiger partial charge in [0.2, 0.25) is 0 Å². The van der Waals surface area contributed by atoms with Crippen LogP contribution in [0, 0.1) is 5.92 Å². The van der Waals surface area contributed by atoms with Crippen molar-refractivity contribution in [3.8, 4) is 0 Å². The molecule has 1 aliphatic rings. The molecule has 1 rings (SSSR count). The lowest BCUT2D eigenvalue weighted by Gasteiger charge is -2.14. The molecule has 0 spiro atoms. The Labute approximate surface area is 67.3 Å². The fourth-order valence-electron chi connectivity index (χ4n) is 1.26. The van der Waals surface area contributed by atoms with E-state index in [1.807, 2.05) is 6.92 Å². The zero-order valence-electron chi connectivity index (χ0n) is 7.33. The predicted octanol–water partition coefficient (Wildman–Crippen LogP) is 1.48. The van der Waals surface area contributed by atoms with Gasteiger partial charge >= 0.3 is 6.09 Å². The summed E-state index contributed by atoms with van der Waals surface area (Å²) in [5.41, 5.74) is 0. The second-order valence-corrected chi connectivity index (χ2v) is 3.49. The molecular formula is C8H15NO2. The van der Waals surface area contributed by atoms with Gasteiger partial charge in [0, 0.05) is 6.54 Å². The molecule has 0 saturated carbocycles. The van der Waals surface area contributed by atoms with Crippen LogP contribution in [-0.2, 0) is 4.74 Å². The van der Waals surface area contributed by atoms with E-state index in [0.29, 0.717) is 5.92 Å². The zero-order valence-corrected chi connectivity index (χ0v) is 7.33. The minimum atomic E-state index is -0.161. The Hall–Kier alpha value is -0.730. The first-order chi connectivity index (χ1) is 5.09. The molecule has 0 aliphatic carbocycles. The predicted molar refractivity (Wildman–Crippen MR) is 42.4 cm³/mol. The molecule has 0 radical (unpaired) electrons. The van der Waals surface area contributed by atoms with Gasteiger partial charge in [0.1, 0.15) is 6.10 Å². The molecule has 64 valence electrons. The van der Waals surface area contributed by atoms with E-state index < -0.39 is 0 Å². The average molecular weight is 157 g/mol. The Balaban J connectivity index is 2.41. The molecule has 1 heterocycles. The first kappa shape index (κ1) is 8.37. The molecule has 3 heteroatoms. The summed E-state index contributed by atoms with van der Waals surface area (Å²) >= 11 is 0. The molecule has 1 amide bonds. The van der Waals surface area contributed by atoms with Gasteiger partial charge in [0.25, 0.3) is 0 Å². The number of amides is 1. The van der Waals surface area contributed by atoms with Crippen LogP contribution in [0.1, 0.15) is 20.8 Å². The summed E-state index contributed by atoms with van der Waals surface area (Å²) in [6.45, 7) is 7.66. The maximum Gasteiger partial charge on any atom is 0.410 e. The highest BCUT2D eigenvalue weighted by Crippen LogP contribution is 2.11. The van der Waals surface area contributed by atoms with Crippen LogP contribution in [0.25, 0.3) is 0 Å². The van der Waals surface area contributed by atoms with Crippen molar-refractivity contribution in [3.05, 3.63) is 0 Å². The lowest BCUT2D eigenvalue weighted by atomic mass is 10.2. The first-order valence-electron chi connectivity index (χ1n) is 4.05.